The second-order valence-corrected chi connectivity index (χ2v) is 9.80. The van der Waals surface area contributed by atoms with Gasteiger partial charge in [-0.15, -0.1) is 11.3 Å². The van der Waals surface area contributed by atoms with Gasteiger partial charge in [0.15, 0.2) is 0 Å². The lowest BCUT2D eigenvalue weighted by atomic mass is 10.0. The van der Waals surface area contributed by atoms with E-state index in [-0.39, 0.29) is 11.9 Å². The van der Waals surface area contributed by atoms with Crippen LogP contribution in [-0.2, 0) is 6.42 Å². The number of nitrogen functional groups attached to an aromatic ring is 1. The summed E-state index contributed by atoms with van der Waals surface area (Å²) < 4.78 is 6.07. The molecule has 0 saturated carbocycles. The van der Waals surface area contributed by atoms with Gasteiger partial charge >= 0.3 is 0 Å². The van der Waals surface area contributed by atoms with Crippen molar-refractivity contribution in [3.8, 4) is 5.75 Å². The number of nitrogens with two attached hydrogens (primary N) is 1. The lowest BCUT2D eigenvalue weighted by Crippen LogP contribution is -2.55. The van der Waals surface area contributed by atoms with E-state index in [0.29, 0.717) is 29.3 Å². The van der Waals surface area contributed by atoms with E-state index in [2.05, 4.69) is 52.6 Å². The monoisotopic (exact) mass is 451 g/mol. The number of pyridine rings is 1. The van der Waals surface area contributed by atoms with Crippen molar-refractivity contribution < 1.29 is 9.53 Å². The van der Waals surface area contributed by atoms with Crippen molar-refractivity contribution in [2.45, 2.75) is 45.3 Å². The van der Waals surface area contributed by atoms with Gasteiger partial charge in [-0.1, -0.05) is 6.07 Å². The van der Waals surface area contributed by atoms with Crippen LogP contribution in [0, 0.1) is 6.92 Å². The summed E-state index contributed by atoms with van der Waals surface area (Å²) >= 11 is 1.34. The van der Waals surface area contributed by atoms with Crippen molar-refractivity contribution in [3.63, 3.8) is 0 Å². The van der Waals surface area contributed by atoms with E-state index in [0.717, 1.165) is 46.7 Å². The number of hydrogen-bond donors (Lipinski definition) is 3. The molecule has 1 aromatic carbocycles. The first-order valence-corrected chi connectivity index (χ1v) is 11.9. The van der Waals surface area contributed by atoms with Crippen LogP contribution in [0.4, 0.5) is 11.4 Å². The molecule has 0 radical (unpaired) electrons. The van der Waals surface area contributed by atoms with Crippen molar-refractivity contribution in [2.24, 2.45) is 0 Å². The smallest absolute Gasteiger partial charge is 0.263 e. The van der Waals surface area contributed by atoms with Gasteiger partial charge in [0.05, 0.1) is 11.7 Å². The van der Waals surface area contributed by atoms with Gasteiger partial charge in [0, 0.05) is 48.0 Å². The zero-order valence-corrected chi connectivity index (χ0v) is 19.5. The second-order valence-electron chi connectivity index (χ2n) is 8.80. The van der Waals surface area contributed by atoms with Gasteiger partial charge in [0.25, 0.3) is 5.91 Å². The lowest BCUT2D eigenvalue weighted by Gasteiger charge is -2.40. The molecule has 4 N–H and O–H groups in total. The van der Waals surface area contributed by atoms with Gasteiger partial charge in [-0.3, -0.25) is 4.79 Å². The highest BCUT2D eigenvalue weighted by molar-refractivity contribution is 7.21. The van der Waals surface area contributed by atoms with Gasteiger partial charge in [0.2, 0.25) is 0 Å². The molecule has 2 aliphatic rings. The fourth-order valence-electron chi connectivity index (χ4n) is 4.56. The van der Waals surface area contributed by atoms with Crippen LogP contribution in [0.3, 0.4) is 0 Å². The van der Waals surface area contributed by atoms with Crippen LogP contribution in [0.15, 0.2) is 30.3 Å². The molecular weight excluding hydrogens is 422 g/mol. The van der Waals surface area contributed by atoms with Crippen LogP contribution < -0.4 is 26.0 Å². The number of piperazine rings is 1. The van der Waals surface area contributed by atoms with E-state index in [1.807, 2.05) is 19.1 Å². The largest absolute Gasteiger partial charge is 0.491 e. The summed E-state index contributed by atoms with van der Waals surface area (Å²) in [7, 11) is 0. The Morgan fingerprint density at radius 2 is 2.16 bits per heavy atom. The minimum absolute atomic E-state index is 0.0988. The standard InChI is InChI=1S/C24H29N5O2S/c1-13-4-7-19-21(25)22(32-24(19)27-13)23(30)28-17-10-16-5-6-18(11-20(16)31-12-17)29-9-8-26-14(2)15(29)3/h4-7,11,14-15,17,26H,8-10,12,25H2,1-3H3,(H,28,30)/t14-,15+,17-/m1/s1. The average molecular weight is 452 g/mol. The maximum absolute atomic E-state index is 13.0. The SMILES string of the molecule is Cc1ccc2c(N)c(C(=O)N[C@H]3COc4cc(N5CCN[C@H](C)[C@@H]5C)ccc4C3)sc2n1. The van der Waals surface area contributed by atoms with E-state index in [9.17, 15) is 4.79 Å². The molecule has 0 aliphatic carbocycles. The highest BCUT2D eigenvalue weighted by Crippen LogP contribution is 2.34. The summed E-state index contributed by atoms with van der Waals surface area (Å²) in [6.45, 7) is 8.80. The molecule has 0 spiro atoms. The molecule has 0 unspecified atom stereocenters. The minimum Gasteiger partial charge on any atom is -0.491 e. The molecule has 32 heavy (non-hydrogen) atoms. The lowest BCUT2D eigenvalue weighted by molar-refractivity contribution is 0.0920. The highest BCUT2D eigenvalue weighted by Gasteiger charge is 2.28. The Labute approximate surface area is 192 Å². The zero-order chi connectivity index (χ0) is 22.4. The minimum atomic E-state index is -0.166. The Bertz CT molecular complexity index is 1180. The van der Waals surface area contributed by atoms with E-state index >= 15 is 0 Å². The van der Waals surface area contributed by atoms with Crippen LogP contribution in [-0.4, -0.2) is 48.7 Å². The molecule has 0 bridgehead atoms. The Morgan fingerprint density at radius 3 is 3.00 bits per heavy atom. The number of hydrogen-bond acceptors (Lipinski definition) is 7. The molecule has 8 heteroatoms. The van der Waals surface area contributed by atoms with Crippen molar-refractivity contribution >= 4 is 38.8 Å². The van der Waals surface area contributed by atoms with Crippen molar-refractivity contribution in [2.75, 3.05) is 30.3 Å². The summed E-state index contributed by atoms with van der Waals surface area (Å²) in [6.07, 6.45) is 0.733. The fraction of sp³-hybridized carbons (Fsp3) is 0.417. The Hall–Kier alpha value is -2.84. The molecule has 2 aliphatic heterocycles. The van der Waals surface area contributed by atoms with Gasteiger partial charge in [-0.05, 0) is 51.0 Å². The quantitative estimate of drug-likeness (QED) is 0.567. The molecule has 3 aromatic rings. The van der Waals surface area contributed by atoms with E-state index in [1.54, 1.807) is 0 Å². The van der Waals surface area contributed by atoms with Crippen LogP contribution in [0.1, 0.15) is 34.8 Å². The van der Waals surface area contributed by atoms with Crippen LogP contribution >= 0.6 is 11.3 Å². The number of ether oxygens (including phenoxy) is 1. The average Bonchev–Trinajstić information content (AvgIpc) is 3.11. The topological polar surface area (TPSA) is 92.5 Å². The van der Waals surface area contributed by atoms with Gasteiger partial charge in [-0.2, -0.15) is 0 Å². The number of carbonyl (C=O) groups excluding carboxylic acids is 1. The zero-order valence-electron chi connectivity index (χ0n) is 18.6. The number of carbonyl (C=O) groups is 1. The second kappa shape index (κ2) is 8.26. The third kappa shape index (κ3) is 3.78. The predicted molar refractivity (Wildman–Crippen MR) is 130 cm³/mol. The molecule has 5 rings (SSSR count). The molecule has 2 aromatic heterocycles. The number of anilines is 2. The van der Waals surface area contributed by atoms with E-state index in [4.69, 9.17) is 10.5 Å². The van der Waals surface area contributed by atoms with Crippen LogP contribution in [0.5, 0.6) is 5.75 Å². The molecule has 3 atom stereocenters. The van der Waals surface area contributed by atoms with Crippen molar-refractivity contribution in [3.05, 3.63) is 46.5 Å². The Kier molecular flexibility index (Phi) is 5.43. The first-order valence-electron chi connectivity index (χ1n) is 11.1. The summed E-state index contributed by atoms with van der Waals surface area (Å²) in [4.78, 5) is 21.2. The molecular formula is C24H29N5O2S. The summed E-state index contributed by atoms with van der Waals surface area (Å²) in [5, 5.41) is 7.46. The van der Waals surface area contributed by atoms with Crippen molar-refractivity contribution in [1.29, 1.82) is 0 Å². The normalized spacial score (nSPS) is 23.0. The number of aromatic nitrogens is 1. The van der Waals surface area contributed by atoms with Crippen LogP contribution in [0.2, 0.25) is 0 Å². The van der Waals surface area contributed by atoms with Gasteiger partial charge in [0.1, 0.15) is 22.1 Å². The number of nitrogens with one attached hydrogen (secondary N) is 2. The number of aryl methyl sites for hydroxylation is 1. The number of benzene rings is 1. The summed E-state index contributed by atoms with van der Waals surface area (Å²) in [5.41, 5.74) is 9.96. The fourth-order valence-corrected chi connectivity index (χ4v) is 5.61. The number of fused-ring (bicyclic) bond motifs is 2. The maximum atomic E-state index is 13.0. The summed E-state index contributed by atoms with van der Waals surface area (Å²) in [6, 6.07) is 11.0. The van der Waals surface area contributed by atoms with Gasteiger partial charge < -0.3 is 26.0 Å². The molecule has 1 saturated heterocycles. The predicted octanol–water partition coefficient (Wildman–Crippen LogP) is 3.11. The number of rotatable bonds is 3. The molecule has 1 amide bonds. The van der Waals surface area contributed by atoms with Crippen molar-refractivity contribution in [1.82, 2.24) is 15.6 Å². The molecule has 7 nitrogen and oxygen atoms in total. The summed E-state index contributed by atoms with van der Waals surface area (Å²) in [5.74, 6) is 0.743. The first kappa shape index (κ1) is 21.0. The molecule has 4 heterocycles. The third-order valence-corrected chi connectivity index (χ3v) is 7.71. The van der Waals surface area contributed by atoms with Crippen LogP contribution in [0.25, 0.3) is 10.2 Å². The molecule has 168 valence electrons. The number of nitrogens with zero attached hydrogens (tertiary/aromatic N) is 2. The van der Waals surface area contributed by atoms with E-state index in [1.165, 1.54) is 17.0 Å². The van der Waals surface area contributed by atoms with E-state index < -0.39 is 0 Å². The highest BCUT2D eigenvalue weighted by atomic mass is 32.1. The van der Waals surface area contributed by atoms with Gasteiger partial charge in [-0.25, -0.2) is 4.98 Å². The maximum Gasteiger partial charge on any atom is 0.263 e. The number of thiophene rings is 1. The Morgan fingerprint density at radius 1 is 1.31 bits per heavy atom. The Balaban J connectivity index is 1.30. The first-order chi connectivity index (χ1) is 15.4. The molecule has 1 fully saturated rings. The third-order valence-electron chi connectivity index (χ3n) is 6.60. The number of amides is 1.